The van der Waals surface area contributed by atoms with Crippen molar-refractivity contribution >= 4 is 45.4 Å². The molecule has 9 heteroatoms. The van der Waals surface area contributed by atoms with Crippen LogP contribution >= 0.6 is 23.2 Å². The molecule has 0 bridgehead atoms. The second kappa shape index (κ2) is 9.09. The van der Waals surface area contributed by atoms with Gasteiger partial charge in [0.15, 0.2) is 0 Å². The average Bonchev–Trinajstić information content (AvgIpc) is 2.70. The lowest BCUT2D eigenvalue weighted by Gasteiger charge is -2.07. The molecule has 3 aromatic rings. The number of hydrogen-bond donors (Lipinski definition) is 1. The molecule has 0 spiro atoms. The summed E-state index contributed by atoms with van der Waals surface area (Å²) in [5.74, 6) is -0.355. The van der Waals surface area contributed by atoms with E-state index in [2.05, 4.69) is 9.93 Å². The van der Waals surface area contributed by atoms with Crippen LogP contribution in [-0.2, 0) is 10.0 Å². The van der Waals surface area contributed by atoms with E-state index in [1.165, 1.54) is 30.5 Å². The first kappa shape index (κ1) is 20.9. The molecule has 0 amide bonds. The molecule has 29 heavy (non-hydrogen) atoms. The van der Waals surface area contributed by atoms with Crippen LogP contribution in [0.1, 0.15) is 15.9 Å². The number of hydrazone groups is 1. The van der Waals surface area contributed by atoms with E-state index in [1.54, 1.807) is 48.5 Å². The van der Waals surface area contributed by atoms with Gasteiger partial charge in [0.25, 0.3) is 10.0 Å². The second-order valence-corrected chi connectivity index (χ2v) is 8.27. The first-order chi connectivity index (χ1) is 13.8. The largest absolute Gasteiger partial charge is 0.422 e. The van der Waals surface area contributed by atoms with Crippen molar-refractivity contribution in [2.75, 3.05) is 0 Å². The van der Waals surface area contributed by atoms with Crippen LogP contribution in [0.4, 0.5) is 0 Å². The highest BCUT2D eigenvalue weighted by molar-refractivity contribution is 7.89. The number of rotatable bonds is 6. The molecule has 3 rings (SSSR count). The van der Waals surface area contributed by atoms with Gasteiger partial charge in [0, 0.05) is 15.6 Å². The smallest absolute Gasteiger partial charge is 0.343 e. The maximum absolute atomic E-state index is 12.3. The summed E-state index contributed by atoms with van der Waals surface area (Å²) in [6.07, 6.45) is 1.25. The van der Waals surface area contributed by atoms with Gasteiger partial charge in [-0.1, -0.05) is 35.3 Å². The van der Waals surface area contributed by atoms with Gasteiger partial charge in [-0.25, -0.2) is 9.63 Å². The average molecular weight is 449 g/mol. The molecule has 0 atom stereocenters. The molecule has 0 aromatic heterocycles. The lowest BCUT2D eigenvalue weighted by Crippen LogP contribution is -2.18. The van der Waals surface area contributed by atoms with Crippen LogP contribution < -0.4 is 9.57 Å². The van der Waals surface area contributed by atoms with Gasteiger partial charge in [0.1, 0.15) is 5.75 Å². The van der Waals surface area contributed by atoms with E-state index in [0.29, 0.717) is 21.2 Å². The third kappa shape index (κ3) is 5.57. The normalized spacial score (nSPS) is 11.4. The molecular formula is C20H14Cl2N2O4S. The molecule has 6 nitrogen and oxygen atoms in total. The van der Waals surface area contributed by atoms with Crippen molar-refractivity contribution in [3.63, 3.8) is 0 Å². The number of nitrogens with one attached hydrogen (secondary N) is 1. The van der Waals surface area contributed by atoms with E-state index in [0.717, 1.165) is 0 Å². The number of carbonyl (C=O) groups is 1. The highest BCUT2D eigenvalue weighted by Gasteiger charge is 2.13. The number of esters is 1. The summed E-state index contributed by atoms with van der Waals surface area (Å²) in [4.78, 5) is 14.4. The summed E-state index contributed by atoms with van der Waals surface area (Å²) in [7, 11) is -3.86. The molecule has 3 aromatic carbocycles. The van der Waals surface area contributed by atoms with Crippen LogP contribution in [0.2, 0.25) is 10.0 Å². The summed E-state index contributed by atoms with van der Waals surface area (Å²) in [5.41, 5.74) is 0.734. The molecule has 0 aliphatic rings. The number of benzene rings is 3. The Morgan fingerprint density at radius 2 is 1.48 bits per heavy atom. The molecule has 148 valence electrons. The topological polar surface area (TPSA) is 84.8 Å². The highest BCUT2D eigenvalue weighted by atomic mass is 35.5. The van der Waals surface area contributed by atoms with E-state index < -0.39 is 16.0 Å². The zero-order chi connectivity index (χ0) is 20.9. The molecule has 0 radical (unpaired) electrons. The van der Waals surface area contributed by atoms with E-state index in [4.69, 9.17) is 27.9 Å². The van der Waals surface area contributed by atoms with E-state index in [9.17, 15) is 13.2 Å². The maximum Gasteiger partial charge on any atom is 0.343 e. The number of carbonyl (C=O) groups excluding carboxylic acids is 1. The van der Waals surface area contributed by atoms with Crippen molar-refractivity contribution in [2.24, 2.45) is 5.10 Å². The van der Waals surface area contributed by atoms with Crippen LogP contribution in [0.25, 0.3) is 0 Å². The second-order valence-electron chi connectivity index (χ2n) is 5.74. The number of nitrogens with zero attached hydrogens (tertiary/aromatic N) is 1. The Labute approximate surface area is 177 Å². The van der Waals surface area contributed by atoms with E-state index >= 15 is 0 Å². The molecule has 0 saturated heterocycles. The number of ether oxygens (including phenoxy) is 1. The van der Waals surface area contributed by atoms with Crippen molar-refractivity contribution in [1.29, 1.82) is 0 Å². The third-order valence-corrected chi connectivity index (χ3v) is 5.44. The van der Waals surface area contributed by atoms with Crippen molar-refractivity contribution in [3.05, 3.63) is 94.0 Å². The molecule has 0 unspecified atom stereocenters. The Kier molecular flexibility index (Phi) is 6.53. The van der Waals surface area contributed by atoms with Crippen LogP contribution in [0.5, 0.6) is 5.75 Å². The van der Waals surface area contributed by atoms with Gasteiger partial charge in [-0.2, -0.15) is 13.5 Å². The summed E-state index contributed by atoms with van der Waals surface area (Å²) in [6.45, 7) is 0. The Bertz CT molecular complexity index is 1150. The molecule has 0 aliphatic heterocycles. The van der Waals surface area contributed by atoms with Crippen molar-refractivity contribution < 1.29 is 17.9 Å². The highest BCUT2D eigenvalue weighted by Crippen LogP contribution is 2.19. The summed E-state index contributed by atoms with van der Waals surface area (Å²) in [5, 5.41) is 4.68. The molecule has 0 saturated carbocycles. The quantitative estimate of drug-likeness (QED) is 0.260. The monoisotopic (exact) mass is 448 g/mol. The predicted molar refractivity (Wildman–Crippen MR) is 112 cm³/mol. The molecule has 0 aliphatic carbocycles. The number of hydrogen-bond acceptors (Lipinski definition) is 5. The van der Waals surface area contributed by atoms with Gasteiger partial charge in [-0.05, 0) is 60.7 Å². The van der Waals surface area contributed by atoms with Gasteiger partial charge in [0.2, 0.25) is 0 Å². The van der Waals surface area contributed by atoms with E-state index in [-0.39, 0.29) is 10.6 Å². The predicted octanol–water partition coefficient (Wildman–Crippen LogP) is 4.53. The minimum absolute atomic E-state index is 0.0153. The molecule has 0 fully saturated rings. The SMILES string of the molecule is O=C(Oc1ccccc1C=NNS(=O)(=O)c1ccc(Cl)cc1)c1ccc(Cl)cc1. The minimum Gasteiger partial charge on any atom is -0.422 e. The lowest BCUT2D eigenvalue weighted by molar-refractivity contribution is 0.0734. The summed E-state index contributed by atoms with van der Waals surface area (Å²) >= 11 is 11.6. The molecule has 0 heterocycles. The standard InChI is InChI=1S/C20H14Cl2N2O4S/c21-16-7-5-14(6-8-16)20(25)28-19-4-2-1-3-15(19)13-23-24-29(26,27)18-11-9-17(22)10-12-18/h1-13,24H. The fraction of sp³-hybridized carbons (Fsp3) is 0. The number of para-hydroxylation sites is 1. The van der Waals surface area contributed by atoms with Crippen LogP contribution in [0, 0.1) is 0 Å². The summed E-state index contributed by atoms with van der Waals surface area (Å²) < 4.78 is 29.9. The summed E-state index contributed by atoms with van der Waals surface area (Å²) in [6, 6.07) is 18.5. The zero-order valence-corrected chi connectivity index (χ0v) is 17.1. The van der Waals surface area contributed by atoms with Gasteiger partial charge in [-0.3, -0.25) is 0 Å². The number of halogens is 2. The lowest BCUT2D eigenvalue weighted by atomic mass is 10.2. The van der Waals surface area contributed by atoms with Crippen molar-refractivity contribution in [1.82, 2.24) is 4.83 Å². The van der Waals surface area contributed by atoms with Gasteiger partial charge < -0.3 is 4.74 Å². The zero-order valence-electron chi connectivity index (χ0n) is 14.7. The van der Waals surface area contributed by atoms with Crippen LogP contribution in [0.3, 0.4) is 0 Å². The Balaban J connectivity index is 1.74. The molecular weight excluding hydrogens is 435 g/mol. The van der Waals surface area contributed by atoms with Crippen LogP contribution in [-0.4, -0.2) is 20.6 Å². The first-order valence-electron chi connectivity index (χ1n) is 8.22. The fourth-order valence-electron chi connectivity index (χ4n) is 2.26. The Hall–Kier alpha value is -2.87. The van der Waals surface area contributed by atoms with Gasteiger partial charge in [0.05, 0.1) is 16.7 Å². The van der Waals surface area contributed by atoms with Gasteiger partial charge >= 0.3 is 5.97 Å². The molecule has 1 N–H and O–H groups in total. The van der Waals surface area contributed by atoms with E-state index in [1.807, 2.05) is 0 Å². The Morgan fingerprint density at radius 3 is 2.14 bits per heavy atom. The minimum atomic E-state index is -3.86. The number of sulfonamides is 1. The fourth-order valence-corrected chi connectivity index (χ4v) is 3.30. The Morgan fingerprint density at radius 1 is 0.897 bits per heavy atom. The maximum atomic E-state index is 12.3. The van der Waals surface area contributed by atoms with Crippen molar-refractivity contribution in [2.45, 2.75) is 4.90 Å². The first-order valence-corrected chi connectivity index (χ1v) is 10.5. The van der Waals surface area contributed by atoms with Gasteiger partial charge in [-0.15, -0.1) is 0 Å². The van der Waals surface area contributed by atoms with Crippen molar-refractivity contribution in [3.8, 4) is 5.75 Å². The van der Waals surface area contributed by atoms with Crippen LogP contribution in [0.15, 0.2) is 82.8 Å². The third-order valence-electron chi connectivity index (χ3n) is 3.70.